The summed E-state index contributed by atoms with van der Waals surface area (Å²) in [7, 11) is 0. The molecule has 0 aliphatic heterocycles. The highest BCUT2D eigenvalue weighted by Gasteiger charge is 3.04. The molecule has 0 rings (SSSR count). The molecular formula is C25H3F49. The second-order valence-electron chi connectivity index (χ2n) is 14.0. The lowest BCUT2D eigenvalue weighted by Gasteiger charge is -2.48. The first-order valence-corrected chi connectivity index (χ1v) is 15.5. The molecular weight excluding hydrogens is 1230 g/mol. The average molecular weight is 1230 g/mol. The van der Waals surface area contributed by atoms with Crippen LogP contribution in [0.1, 0.15) is 6.92 Å². The minimum absolute atomic E-state index is 1.84. The number of alkyl halides is 49. The van der Waals surface area contributed by atoms with Crippen LogP contribution >= 0.6 is 0 Å². The van der Waals surface area contributed by atoms with Gasteiger partial charge in [0.05, 0.1) is 0 Å². The molecule has 0 aromatic heterocycles. The first-order chi connectivity index (χ1) is 30.8. The normalized spacial score (nSPS) is 17.6. The van der Waals surface area contributed by atoms with Crippen molar-refractivity contribution >= 4 is 0 Å². The Bertz CT molecular complexity index is 1880. The average Bonchev–Trinajstić information content (AvgIpc) is 3.15. The van der Waals surface area contributed by atoms with E-state index in [-0.39, 0.29) is 0 Å². The van der Waals surface area contributed by atoms with Crippen LogP contribution in [0.15, 0.2) is 0 Å². The van der Waals surface area contributed by atoms with Crippen molar-refractivity contribution in [1.82, 2.24) is 0 Å². The van der Waals surface area contributed by atoms with Gasteiger partial charge in [0.25, 0.3) is 0 Å². The van der Waals surface area contributed by atoms with Gasteiger partial charge in [-0.1, -0.05) is 0 Å². The van der Waals surface area contributed by atoms with Gasteiger partial charge in [-0.15, -0.1) is 0 Å². The molecule has 0 aliphatic carbocycles. The first-order valence-electron chi connectivity index (χ1n) is 15.5. The molecule has 74 heavy (non-hydrogen) atoms. The summed E-state index contributed by atoms with van der Waals surface area (Å²) >= 11 is 0. The van der Waals surface area contributed by atoms with E-state index in [1.165, 1.54) is 0 Å². The van der Waals surface area contributed by atoms with Crippen LogP contribution in [-0.4, -0.2) is 142 Å². The molecule has 0 radical (unpaired) electrons. The lowest BCUT2D eigenvalue weighted by molar-refractivity contribution is -0.498. The zero-order valence-electron chi connectivity index (χ0n) is 31.5. The fraction of sp³-hybridized carbons (Fsp3) is 1.00. The molecule has 0 aromatic carbocycles. The molecule has 0 spiro atoms. The molecule has 0 N–H and O–H groups in total. The largest absolute Gasteiger partial charge is 0.460 e. The van der Waals surface area contributed by atoms with Crippen LogP contribution in [0.2, 0.25) is 0 Å². The molecule has 0 atom stereocenters. The lowest BCUT2D eigenvalue weighted by atomic mass is 9.81. The summed E-state index contributed by atoms with van der Waals surface area (Å²) in [6.07, 6.45) is -8.62. The summed E-state index contributed by atoms with van der Waals surface area (Å²) in [5, 5.41) is 0. The zero-order chi connectivity index (χ0) is 62.0. The lowest BCUT2D eigenvalue weighted by Crippen LogP contribution is -2.81. The Morgan fingerprint density at radius 3 is 0.243 bits per heavy atom. The summed E-state index contributed by atoms with van der Waals surface area (Å²) < 4.78 is 669. The second kappa shape index (κ2) is 16.6. The smallest absolute Gasteiger partial charge is 0.200 e. The summed E-state index contributed by atoms with van der Waals surface area (Å²) in [5.74, 6) is -234. The maximum absolute atomic E-state index is 14.1. The molecule has 0 aromatic rings. The number of rotatable bonds is 22. The van der Waals surface area contributed by atoms with Gasteiger partial charge >= 0.3 is 142 Å². The molecule has 0 saturated carbocycles. The van der Waals surface area contributed by atoms with Crippen LogP contribution in [0.25, 0.3) is 0 Å². The van der Waals surface area contributed by atoms with Crippen molar-refractivity contribution in [3.8, 4) is 0 Å². The van der Waals surface area contributed by atoms with Gasteiger partial charge in [-0.2, -0.15) is 215 Å². The second-order valence-corrected chi connectivity index (χ2v) is 14.0. The van der Waals surface area contributed by atoms with Gasteiger partial charge in [-0.25, -0.2) is 0 Å². The van der Waals surface area contributed by atoms with Crippen LogP contribution in [0.4, 0.5) is 215 Å². The standard InChI is InChI=1S/C25H3F49/c1-2(26,27)3(28,29)4(30,31)5(32,33)6(34,35)7(36,37)8(38,39)9(40,41)10(42,43)11(44,45)12(46,47)13(48,49)14(50,51)15(52,53)16(54,55)17(56,57)18(58,59)19(60,61)20(62,63)21(64,65)22(66,67)23(68,69)24(70,71)25(72,73)74/h1H3. The van der Waals surface area contributed by atoms with E-state index in [4.69, 9.17) is 0 Å². The Morgan fingerprint density at radius 2 is 0.176 bits per heavy atom. The van der Waals surface area contributed by atoms with Crippen LogP contribution in [0, 0.1) is 0 Å². The van der Waals surface area contributed by atoms with Crippen LogP contribution in [0.3, 0.4) is 0 Å². The molecule has 0 amide bonds. The highest BCUT2D eigenvalue weighted by Crippen LogP contribution is 2.72. The molecule has 0 unspecified atom stereocenters. The van der Waals surface area contributed by atoms with E-state index < -0.39 is 149 Å². The van der Waals surface area contributed by atoms with Crippen LogP contribution in [-0.2, 0) is 0 Å². The predicted octanol–water partition coefficient (Wildman–Crippen LogP) is 16.2. The van der Waals surface area contributed by atoms with Crippen molar-refractivity contribution in [1.29, 1.82) is 0 Å². The third kappa shape index (κ3) is 7.55. The van der Waals surface area contributed by atoms with Gasteiger partial charge < -0.3 is 0 Å². The number of hydrogen-bond donors (Lipinski definition) is 0. The van der Waals surface area contributed by atoms with Crippen LogP contribution < -0.4 is 0 Å². The molecule has 0 bridgehead atoms. The van der Waals surface area contributed by atoms with E-state index >= 15 is 0 Å². The Labute approximate surface area is 366 Å². The monoisotopic (exact) mass is 1230 g/mol. The molecule has 0 heterocycles. The maximum atomic E-state index is 14.1. The fourth-order valence-corrected chi connectivity index (χ4v) is 4.40. The van der Waals surface area contributed by atoms with E-state index in [1.54, 1.807) is 0 Å². The Morgan fingerprint density at radius 1 is 0.108 bits per heavy atom. The summed E-state index contributed by atoms with van der Waals surface area (Å²) in [5.41, 5.74) is 0. The predicted molar refractivity (Wildman–Crippen MR) is 126 cm³/mol. The van der Waals surface area contributed by atoms with Crippen LogP contribution in [0.5, 0.6) is 0 Å². The molecule has 49 heteroatoms. The molecule has 0 aliphatic rings. The quantitative estimate of drug-likeness (QED) is 0.0948. The maximum Gasteiger partial charge on any atom is 0.460 e. The summed E-state index contributed by atoms with van der Waals surface area (Å²) in [6.45, 7) is -1.84. The highest BCUT2D eigenvalue weighted by atomic mass is 19.4. The van der Waals surface area contributed by atoms with Gasteiger partial charge in [0.15, 0.2) is 0 Å². The van der Waals surface area contributed by atoms with Gasteiger partial charge in [0.1, 0.15) is 0 Å². The molecule has 0 fully saturated rings. The van der Waals surface area contributed by atoms with E-state index in [0.717, 1.165) is 0 Å². The highest BCUT2D eigenvalue weighted by molar-refractivity contribution is 5.24. The Hall–Kier alpha value is -3.43. The Kier molecular flexibility index (Phi) is 15.8. The number of halogens is 49. The molecule has 0 saturated heterocycles. The van der Waals surface area contributed by atoms with Crippen molar-refractivity contribution in [2.45, 2.75) is 149 Å². The van der Waals surface area contributed by atoms with Crippen molar-refractivity contribution in [2.24, 2.45) is 0 Å². The third-order valence-electron chi connectivity index (χ3n) is 9.19. The van der Waals surface area contributed by atoms with E-state index in [0.29, 0.717) is 0 Å². The van der Waals surface area contributed by atoms with Gasteiger partial charge in [0, 0.05) is 6.92 Å². The van der Waals surface area contributed by atoms with Gasteiger partial charge in [0.2, 0.25) is 0 Å². The number of hydrogen-bond acceptors (Lipinski definition) is 0. The summed E-state index contributed by atoms with van der Waals surface area (Å²) in [6, 6.07) is 0. The van der Waals surface area contributed by atoms with E-state index in [9.17, 15) is 215 Å². The van der Waals surface area contributed by atoms with Gasteiger partial charge in [-0.05, 0) is 0 Å². The SMILES string of the molecule is CC(F)(F)C(F)(F)C(F)(F)C(F)(F)C(F)(F)C(F)(F)C(F)(F)C(F)(F)C(F)(F)C(F)(F)C(F)(F)C(F)(F)C(F)(F)C(F)(F)C(F)(F)C(F)(F)C(F)(F)C(F)(F)C(F)(F)C(F)(F)C(F)(F)C(F)(F)C(F)(F)C(F)(F)F. The van der Waals surface area contributed by atoms with E-state index in [1.807, 2.05) is 0 Å². The zero-order valence-corrected chi connectivity index (χ0v) is 31.5. The minimum atomic E-state index is -10.9. The molecule has 0 nitrogen and oxygen atoms in total. The van der Waals surface area contributed by atoms with Crippen molar-refractivity contribution in [3.63, 3.8) is 0 Å². The topological polar surface area (TPSA) is 0 Å². The van der Waals surface area contributed by atoms with Crippen molar-refractivity contribution in [2.75, 3.05) is 0 Å². The van der Waals surface area contributed by atoms with Crippen molar-refractivity contribution < 1.29 is 215 Å². The van der Waals surface area contributed by atoms with Gasteiger partial charge in [-0.3, -0.25) is 0 Å². The minimum Gasteiger partial charge on any atom is -0.200 e. The fourth-order valence-electron chi connectivity index (χ4n) is 4.40. The first kappa shape index (κ1) is 70.6. The van der Waals surface area contributed by atoms with E-state index in [2.05, 4.69) is 0 Å². The summed E-state index contributed by atoms with van der Waals surface area (Å²) in [4.78, 5) is 0. The third-order valence-corrected chi connectivity index (χ3v) is 9.19. The van der Waals surface area contributed by atoms with Crippen molar-refractivity contribution in [3.05, 3.63) is 0 Å². The Balaban J connectivity index is 8.18. The molecule has 446 valence electrons.